The molecule has 0 aromatic carbocycles. The molecule has 18 heavy (non-hydrogen) atoms. The summed E-state index contributed by atoms with van der Waals surface area (Å²) >= 11 is 0. The van der Waals surface area contributed by atoms with E-state index in [1.54, 1.807) is 0 Å². The summed E-state index contributed by atoms with van der Waals surface area (Å²) in [5.41, 5.74) is 1.02. The second-order valence-electron chi connectivity index (χ2n) is 4.87. The van der Waals surface area contributed by atoms with Gasteiger partial charge in [-0.2, -0.15) is 0 Å². The Morgan fingerprint density at radius 2 is 2.17 bits per heavy atom. The van der Waals surface area contributed by atoms with Crippen molar-refractivity contribution in [3.63, 3.8) is 0 Å². The minimum atomic E-state index is 0.587. The Kier molecular flexibility index (Phi) is 6.90. The molecule has 1 rings (SSSR count). The first kappa shape index (κ1) is 15.1. The SMILES string of the molecule is CCCNCc1cn(CCN(CC)C(C)C)nn1. The van der Waals surface area contributed by atoms with Crippen LogP contribution < -0.4 is 5.32 Å². The number of hydrogen-bond donors (Lipinski definition) is 1. The Balaban J connectivity index is 2.34. The molecule has 0 fully saturated rings. The van der Waals surface area contributed by atoms with Crippen molar-refractivity contribution in [2.24, 2.45) is 0 Å². The monoisotopic (exact) mass is 253 g/mol. The molecule has 0 aliphatic heterocycles. The van der Waals surface area contributed by atoms with Gasteiger partial charge in [-0.3, -0.25) is 9.58 Å². The van der Waals surface area contributed by atoms with Crippen LogP contribution >= 0.6 is 0 Å². The zero-order chi connectivity index (χ0) is 13.4. The number of nitrogens with zero attached hydrogens (tertiary/aromatic N) is 4. The fourth-order valence-electron chi connectivity index (χ4n) is 1.93. The van der Waals surface area contributed by atoms with Gasteiger partial charge in [0, 0.05) is 25.3 Å². The molecule has 0 saturated heterocycles. The summed E-state index contributed by atoms with van der Waals surface area (Å²) in [5, 5.41) is 11.7. The number of hydrogen-bond acceptors (Lipinski definition) is 4. The lowest BCUT2D eigenvalue weighted by atomic mass is 10.3. The summed E-state index contributed by atoms with van der Waals surface area (Å²) in [5.74, 6) is 0. The van der Waals surface area contributed by atoms with Crippen molar-refractivity contribution in [3.8, 4) is 0 Å². The van der Waals surface area contributed by atoms with Crippen LogP contribution in [0.25, 0.3) is 0 Å². The van der Waals surface area contributed by atoms with Gasteiger partial charge in [0.05, 0.1) is 12.2 Å². The highest BCUT2D eigenvalue weighted by Crippen LogP contribution is 1.99. The largest absolute Gasteiger partial charge is 0.311 e. The minimum absolute atomic E-state index is 0.587. The number of likely N-dealkylation sites (N-methyl/N-ethyl adjacent to an activating group) is 1. The standard InChI is InChI=1S/C13H27N5/c1-5-7-14-10-13-11-18(16-15-13)9-8-17(6-2)12(3)4/h11-12,14H,5-10H2,1-4H3. The van der Waals surface area contributed by atoms with E-state index in [2.05, 4.69) is 48.2 Å². The fraction of sp³-hybridized carbons (Fsp3) is 0.846. The van der Waals surface area contributed by atoms with E-state index >= 15 is 0 Å². The highest BCUT2D eigenvalue weighted by Gasteiger charge is 2.07. The highest BCUT2D eigenvalue weighted by atomic mass is 15.4. The van der Waals surface area contributed by atoms with Gasteiger partial charge in [-0.25, -0.2) is 0 Å². The molecule has 0 aliphatic rings. The van der Waals surface area contributed by atoms with E-state index < -0.39 is 0 Å². The average Bonchev–Trinajstić information content (AvgIpc) is 2.78. The minimum Gasteiger partial charge on any atom is -0.311 e. The predicted octanol–water partition coefficient (Wildman–Crippen LogP) is 1.51. The van der Waals surface area contributed by atoms with E-state index in [9.17, 15) is 0 Å². The smallest absolute Gasteiger partial charge is 0.0964 e. The second kappa shape index (κ2) is 8.21. The van der Waals surface area contributed by atoms with E-state index in [1.165, 1.54) is 0 Å². The molecule has 0 amide bonds. The summed E-state index contributed by atoms with van der Waals surface area (Å²) in [6.45, 7) is 13.7. The Labute approximate surface area is 111 Å². The molecule has 1 N–H and O–H groups in total. The van der Waals surface area contributed by atoms with E-state index in [4.69, 9.17) is 0 Å². The zero-order valence-corrected chi connectivity index (χ0v) is 12.2. The fourth-order valence-corrected chi connectivity index (χ4v) is 1.93. The third kappa shape index (κ3) is 5.14. The maximum Gasteiger partial charge on any atom is 0.0964 e. The molecule has 1 aromatic rings. The van der Waals surface area contributed by atoms with Gasteiger partial charge in [0.1, 0.15) is 0 Å². The van der Waals surface area contributed by atoms with E-state index in [0.29, 0.717) is 6.04 Å². The maximum atomic E-state index is 4.17. The van der Waals surface area contributed by atoms with Gasteiger partial charge in [-0.1, -0.05) is 19.1 Å². The first-order valence-electron chi connectivity index (χ1n) is 7.01. The normalized spacial score (nSPS) is 11.7. The topological polar surface area (TPSA) is 46.0 Å². The Morgan fingerprint density at radius 3 is 2.78 bits per heavy atom. The van der Waals surface area contributed by atoms with Crippen LogP contribution in [0.1, 0.15) is 39.8 Å². The quantitative estimate of drug-likeness (QED) is 0.678. The van der Waals surface area contributed by atoms with Crippen molar-refractivity contribution in [1.82, 2.24) is 25.2 Å². The van der Waals surface area contributed by atoms with Crippen LogP contribution in [0, 0.1) is 0 Å². The summed E-state index contributed by atoms with van der Waals surface area (Å²) in [7, 11) is 0. The van der Waals surface area contributed by atoms with Gasteiger partial charge in [0.25, 0.3) is 0 Å². The van der Waals surface area contributed by atoms with Gasteiger partial charge in [-0.15, -0.1) is 5.10 Å². The van der Waals surface area contributed by atoms with Crippen LogP contribution in [0.15, 0.2) is 6.20 Å². The molecule has 0 unspecified atom stereocenters. The molecule has 0 aliphatic carbocycles. The van der Waals surface area contributed by atoms with Gasteiger partial charge in [0.15, 0.2) is 0 Å². The van der Waals surface area contributed by atoms with Crippen LogP contribution in [0.3, 0.4) is 0 Å². The third-order valence-corrected chi connectivity index (χ3v) is 3.07. The van der Waals surface area contributed by atoms with Crippen molar-refractivity contribution in [2.45, 2.75) is 53.2 Å². The lowest BCUT2D eigenvalue weighted by Crippen LogP contribution is -2.33. The van der Waals surface area contributed by atoms with E-state index in [1.807, 2.05) is 10.9 Å². The lowest BCUT2D eigenvalue weighted by Gasteiger charge is -2.24. The molecule has 0 saturated carbocycles. The van der Waals surface area contributed by atoms with Gasteiger partial charge in [-0.05, 0) is 33.4 Å². The van der Waals surface area contributed by atoms with Crippen LogP contribution in [-0.2, 0) is 13.1 Å². The molecule has 0 radical (unpaired) electrons. The van der Waals surface area contributed by atoms with Crippen LogP contribution in [0.4, 0.5) is 0 Å². The van der Waals surface area contributed by atoms with Crippen molar-refractivity contribution in [3.05, 3.63) is 11.9 Å². The van der Waals surface area contributed by atoms with Gasteiger partial charge >= 0.3 is 0 Å². The Hall–Kier alpha value is -0.940. The second-order valence-corrected chi connectivity index (χ2v) is 4.87. The number of rotatable bonds is 9. The van der Waals surface area contributed by atoms with Crippen molar-refractivity contribution < 1.29 is 0 Å². The van der Waals surface area contributed by atoms with Crippen LogP contribution in [0.5, 0.6) is 0 Å². The molecule has 0 atom stereocenters. The van der Waals surface area contributed by atoms with Crippen molar-refractivity contribution in [2.75, 3.05) is 19.6 Å². The summed E-state index contributed by atoms with van der Waals surface area (Å²) < 4.78 is 1.94. The molecule has 5 heteroatoms. The molecule has 5 nitrogen and oxygen atoms in total. The molecule has 1 heterocycles. The summed E-state index contributed by atoms with van der Waals surface area (Å²) in [6, 6.07) is 0.587. The predicted molar refractivity (Wildman–Crippen MR) is 74.4 cm³/mol. The number of nitrogens with one attached hydrogen (secondary N) is 1. The Bertz CT molecular complexity index is 321. The molecule has 0 spiro atoms. The van der Waals surface area contributed by atoms with Gasteiger partial charge < -0.3 is 5.32 Å². The first-order valence-corrected chi connectivity index (χ1v) is 7.01. The van der Waals surface area contributed by atoms with E-state index in [0.717, 1.165) is 44.8 Å². The zero-order valence-electron chi connectivity index (χ0n) is 12.2. The molecule has 0 bridgehead atoms. The maximum absolute atomic E-state index is 4.17. The van der Waals surface area contributed by atoms with E-state index in [-0.39, 0.29) is 0 Å². The van der Waals surface area contributed by atoms with Crippen LogP contribution in [0.2, 0.25) is 0 Å². The third-order valence-electron chi connectivity index (χ3n) is 3.07. The van der Waals surface area contributed by atoms with Crippen LogP contribution in [-0.4, -0.2) is 45.6 Å². The lowest BCUT2D eigenvalue weighted by molar-refractivity contribution is 0.220. The molecule has 1 aromatic heterocycles. The van der Waals surface area contributed by atoms with Crippen molar-refractivity contribution in [1.29, 1.82) is 0 Å². The summed E-state index contributed by atoms with van der Waals surface area (Å²) in [6.07, 6.45) is 3.19. The number of aromatic nitrogens is 3. The first-order chi connectivity index (χ1) is 8.67. The molecular weight excluding hydrogens is 226 g/mol. The molecular formula is C13H27N5. The van der Waals surface area contributed by atoms with Crippen molar-refractivity contribution >= 4 is 0 Å². The Morgan fingerprint density at radius 1 is 1.39 bits per heavy atom. The molecule has 104 valence electrons. The summed E-state index contributed by atoms with van der Waals surface area (Å²) in [4.78, 5) is 2.43. The highest BCUT2D eigenvalue weighted by molar-refractivity contribution is 4.91. The van der Waals surface area contributed by atoms with Gasteiger partial charge in [0.2, 0.25) is 0 Å². The average molecular weight is 253 g/mol.